The SMILES string of the molecule is COC(=O)c1cccc(-c2ccc(/C=c3\sc4n(c3=O)[C@H](c3cccc(OC)c3)C(C(=O)Nc3ccccc3)=C(C)N=4)o2)c1. The fourth-order valence-corrected chi connectivity index (χ4v) is 6.12. The molecule has 1 amide bonds. The molecule has 0 fully saturated rings. The van der Waals surface area contributed by atoms with Gasteiger partial charge in [-0.05, 0) is 61.0 Å². The average molecular weight is 606 g/mol. The highest BCUT2D eigenvalue weighted by Crippen LogP contribution is 2.32. The summed E-state index contributed by atoms with van der Waals surface area (Å²) in [7, 11) is 2.90. The van der Waals surface area contributed by atoms with Crippen LogP contribution in [0.3, 0.4) is 0 Å². The number of anilines is 1. The van der Waals surface area contributed by atoms with Crippen LogP contribution in [0.25, 0.3) is 17.4 Å². The summed E-state index contributed by atoms with van der Waals surface area (Å²) in [5.74, 6) is 0.771. The number of hydrogen-bond donors (Lipinski definition) is 1. The molecule has 5 aromatic rings. The Morgan fingerprint density at radius 3 is 2.55 bits per heavy atom. The van der Waals surface area contributed by atoms with Crippen LogP contribution in [0.1, 0.15) is 34.6 Å². The number of furan rings is 1. The summed E-state index contributed by atoms with van der Waals surface area (Å²) < 4.78 is 18.3. The first-order valence-corrected chi connectivity index (χ1v) is 14.5. The van der Waals surface area contributed by atoms with E-state index >= 15 is 0 Å². The number of benzene rings is 3. The lowest BCUT2D eigenvalue weighted by atomic mass is 9.95. The molecular formula is C34H27N3O6S. The Labute approximate surface area is 256 Å². The minimum atomic E-state index is -0.750. The van der Waals surface area contributed by atoms with Gasteiger partial charge in [0.05, 0.1) is 41.6 Å². The number of hydrogen-bond acceptors (Lipinski definition) is 8. The summed E-state index contributed by atoms with van der Waals surface area (Å²) >= 11 is 1.21. The molecule has 0 saturated carbocycles. The zero-order valence-electron chi connectivity index (χ0n) is 24.1. The van der Waals surface area contributed by atoms with Crippen LogP contribution in [-0.2, 0) is 9.53 Å². The standard InChI is InChI=1S/C34H27N3O6S/c1-20-29(31(38)36-24-12-5-4-6-13-24)30(22-10-8-14-25(18-22)41-2)37-32(39)28(44-34(37)35-20)19-26-15-16-27(43-26)21-9-7-11-23(17-21)33(40)42-3/h4-19,30H,1-3H3,(H,36,38)/b28-19-/t30-/m1/s1. The summed E-state index contributed by atoms with van der Waals surface area (Å²) in [6.07, 6.45) is 1.66. The first kappa shape index (κ1) is 28.6. The highest BCUT2D eigenvalue weighted by atomic mass is 32.1. The van der Waals surface area contributed by atoms with Crippen molar-refractivity contribution in [1.29, 1.82) is 0 Å². The van der Waals surface area contributed by atoms with Crippen LogP contribution >= 0.6 is 11.3 Å². The van der Waals surface area contributed by atoms with Crippen molar-refractivity contribution in [2.24, 2.45) is 4.99 Å². The maximum Gasteiger partial charge on any atom is 0.337 e. The fourth-order valence-electron chi connectivity index (χ4n) is 5.09. The van der Waals surface area contributed by atoms with Gasteiger partial charge in [-0.3, -0.25) is 14.2 Å². The third kappa shape index (κ3) is 5.50. The molecular weight excluding hydrogens is 578 g/mol. The largest absolute Gasteiger partial charge is 0.497 e. The van der Waals surface area contributed by atoms with Crippen LogP contribution in [0.15, 0.2) is 116 Å². The van der Waals surface area contributed by atoms with Crippen molar-refractivity contribution in [3.8, 4) is 17.1 Å². The number of nitrogens with one attached hydrogen (secondary N) is 1. The van der Waals surface area contributed by atoms with E-state index in [9.17, 15) is 14.4 Å². The number of rotatable bonds is 7. The van der Waals surface area contributed by atoms with Gasteiger partial charge in [0.25, 0.3) is 11.5 Å². The second-order valence-corrected chi connectivity index (χ2v) is 11.0. The van der Waals surface area contributed by atoms with Gasteiger partial charge < -0.3 is 19.2 Å². The molecule has 220 valence electrons. The zero-order chi connectivity index (χ0) is 30.8. The smallest absolute Gasteiger partial charge is 0.337 e. The second kappa shape index (κ2) is 12.0. The quantitative estimate of drug-likeness (QED) is 0.264. The highest BCUT2D eigenvalue weighted by molar-refractivity contribution is 7.07. The molecule has 0 unspecified atom stereocenters. The average Bonchev–Trinajstić information content (AvgIpc) is 3.64. The van der Waals surface area contributed by atoms with Crippen molar-refractivity contribution in [3.63, 3.8) is 0 Å². The Balaban J connectivity index is 1.43. The number of fused-ring (bicyclic) bond motifs is 1. The first-order valence-electron chi connectivity index (χ1n) is 13.7. The number of para-hydroxylation sites is 1. The van der Waals surface area contributed by atoms with Crippen LogP contribution in [0.4, 0.5) is 5.69 Å². The predicted octanol–water partition coefficient (Wildman–Crippen LogP) is 4.93. The molecule has 3 heterocycles. The van der Waals surface area contributed by atoms with Gasteiger partial charge in [-0.25, -0.2) is 9.79 Å². The number of methoxy groups -OCH3 is 2. The number of allylic oxidation sites excluding steroid dienone is 1. The van der Waals surface area contributed by atoms with Gasteiger partial charge in [0.2, 0.25) is 0 Å². The molecule has 1 atom stereocenters. The molecule has 0 saturated heterocycles. The molecule has 1 aliphatic heterocycles. The Morgan fingerprint density at radius 2 is 1.77 bits per heavy atom. The number of esters is 1. The van der Waals surface area contributed by atoms with Crippen molar-refractivity contribution < 1.29 is 23.5 Å². The van der Waals surface area contributed by atoms with E-state index in [4.69, 9.17) is 18.9 Å². The summed E-state index contributed by atoms with van der Waals surface area (Å²) in [4.78, 5) is 44.9. The van der Waals surface area contributed by atoms with Gasteiger partial charge in [0.1, 0.15) is 17.3 Å². The minimum Gasteiger partial charge on any atom is -0.497 e. The Kier molecular flexibility index (Phi) is 7.82. The summed E-state index contributed by atoms with van der Waals surface area (Å²) in [6, 6.07) is 26.1. The molecule has 0 radical (unpaired) electrons. The maximum absolute atomic E-state index is 14.0. The molecule has 0 aliphatic carbocycles. The van der Waals surface area contributed by atoms with Crippen LogP contribution < -0.4 is 24.9 Å². The van der Waals surface area contributed by atoms with Gasteiger partial charge in [-0.2, -0.15) is 0 Å². The number of nitrogens with zero attached hydrogens (tertiary/aromatic N) is 2. The molecule has 9 nitrogen and oxygen atoms in total. The third-order valence-corrected chi connectivity index (χ3v) is 8.16. The summed E-state index contributed by atoms with van der Waals surface area (Å²) in [5, 5.41) is 2.95. The number of carbonyl (C=O) groups excluding carboxylic acids is 2. The third-order valence-electron chi connectivity index (χ3n) is 7.18. The van der Waals surface area contributed by atoms with Crippen molar-refractivity contribution >= 4 is 35.0 Å². The monoisotopic (exact) mass is 605 g/mol. The van der Waals surface area contributed by atoms with Gasteiger partial charge in [-0.1, -0.05) is 53.8 Å². The van der Waals surface area contributed by atoms with Gasteiger partial charge >= 0.3 is 5.97 Å². The molecule has 6 rings (SSSR count). The van der Waals surface area contributed by atoms with E-state index in [-0.39, 0.29) is 11.5 Å². The second-order valence-electron chi connectivity index (χ2n) is 9.95. The summed E-state index contributed by atoms with van der Waals surface area (Å²) in [5.41, 5.74) is 2.97. The van der Waals surface area contributed by atoms with Crippen LogP contribution in [-0.4, -0.2) is 30.7 Å². The molecule has 3 aromatic carbocycles. The van der Waals surface area contributed by atoms with E-state index in [2.05, 4.69) is 5.32 Å². The molecule has 0 spiro atoms. The lowest BCUT2D eigenvalue weighted by Gasteiger charge is -2.25. The first-order chi connectivity index (χ1) is 21.4. The molecule has 1 aliphatic rings. The van der Waals surface area contributed by atoms with E-state index in [0.717, 1.165) is 0 Å². The van der Waals surface area contributed by atoms with E-state index < -0.39 is 12.0 Å². The van der Waals surface area contributed by atoms with Crippen molar-refractivity contribution in [2.75, 3.05) is 19.5 Å². The van der Waals surface area contributed by atoms with Gasteiger partial charge in [-0.15, -0.1) is 0 Å². The van der Waals surface area contributed by atoms with Gasteiger partial charge in [0.15, 0.2) is 4.80 Å². The fraction of sp³-hybridized carbons (Fsp3) is 0.118. The Morgan fingerprint density at radius 1 is 0.977 bits per heavy atom. The lowest BCUT2D eigenvalue weighted by Crippen LogP contribution is -2.40. The molecule has 44 heavy (non-hydrogen) atoms. The minimum absolute atomic E-state index is 0.315. The van der Waals surface area contributed by atoms with E-state index in [1.54, 1.807) is 67.1 Å². The molecule has 10 heteroatoms. The Hall–Kier alpha value is -5.48. The van der Waals surface area contributed by atoms with Gasteiger partial charge in [0, 0.05) is 17.3 Å². The molecule has 1 N–H and O–H groups in total. The Bertz CT molecular complexity index is 2110. The predicted molar refractivity (Wildman–Crippen MR) is 167 cm³/mol. The number of aromatic nitrogens is 1. The van der Waals surface area contributed by atoms with Crippen molar-refractivity contribution in [2.45, 2.75) is 13.0 Å². The van der Waals surface area contributed by atoms with E-state index in [1.807, 2.05) is 48.5 Å². The van der Waals surface area contributed by atoms with E-state index in [0.29, 0.717) is 60.3 Å². The van der Waals surface area contributed by atoms with Crippen LogP contribution in [0.5, 0.6) is 5.75 Å². The van der Waals surface area contributed by atoms with E-state index in [1.165, 1.54) is 18.4 Å². The zero-order valence-corrected chi connectivity index (χ0v) is 24.9. The number of carbonyl (C=O) groups is 2. The summed E-state index contributed by atoms with van der Waals surface area (Å²) in [6.45, 7) is 1.77. The highest BCUT2D eigenvalue weighted by Gasteiger charge is 2.33. The number of thiazole rings is 1. The maximum atomic E-state index is 14.0. The molecule has 2 aromatic heterocycles. The molecule has 0 bridgehead atoms. The van der Waals surface area contributed by atoms with Crippen LogP contribution in [0.2, 0.25) is 0 Å². The number of ether oxygens (including phenoxy) is 2. The van der Waals surface area contributed by atoms with Crippen molar-refractivity contribution in [3.05, 3.63) is 139 Å². The van der Waals surface area contributed by atoms with Crippen molar-refractivity contribution in [1.82, 2.24) is 4.57 Å². The topological polar surface area (TPSA) is 112 Å². The number of amides is 1. The van der Waals surface area contributed by atoms with Crippen LogP contribution in [0, 0.1) is 0 Å². The lowest BCUT2D eigenvalue weighted by molar-refractivity contribution is -0.113. The normalized spacial score (nSPS) is 14.5.